The van der Waals surface area contributed by atoms with Gasteiger partial charge in [-0.25, -0.2) is 4.79 Å². The van der Waals surface area contributed by atoms with Crippen molar-refractivity contribution in [2.45, 2.75) is 117 Å². The number of nitrogens with one attached hydrogen (secondary N) is 2. The molecule has 0 spiro atoms. The molecule has 0 aromatic carbocycles. The summed E-state index contributed by atoms with van der Waals surface area (Å²) in [5.41, 5.74) is 16.3. The summed E-state index contributed by atoms with van der Waals surface area (Å²) in [6.45, 7) is 15.2. The minimum atomic E-state index is -0.192. The zero-order chi connectivity index (χ0) is 38.9. The maximum atomic E-state index is 10.8. The Morgan fingerprint density at radius 3 is 1.05 bits per heavy atom. The van der Waals surface area contributed by atoms with Crippen molar-refractivity contribution in [2.75, 3.05) is 7.05 Å². The Balaban J connectivity index is -0.000000188. The number of nitrogens with two attached hydrogens (primary N) is 2. The molecule has 0 aliphatic rings. The van der Waals surface area contributed by atoms with Crippen molar-refractivity contribution in [1.29, 1.82) is 0 Å². The van der Waals surface area contributed by atoms with E-state index in [1.165, 1.54) is 74.1 Å². The highest BCUT2D eigenvalue weighted by molar-refractivity contribution is 7.06. The summed E-state index contributed by atoms with van der Waals surface area (Å²) in [7, 11) is 1.58. The van der Waals surface area contributed by atoms with Gasteiger partial charge in [-0.3, -0.25) is 0 Å². The van der Waals surface area contributed by atoms with E-state index in [0.29, 0.717) is 25.5 Å². The van der Waals surface area contributed by atoms with Crippen LogP contribution in [0.1, 0.15) is 100 Å². The van der Waals surface area contributed by atoms with E-state index in [9.17, 15) is 4.79 Å². The van der Waals surface area contributed by atoms with Crippen LogP contribution < -0.4 is 28.3 Å². The molecule has 10 N–H and O–H groups in total. The number of aromatic nitrogens is 12. The number of alkyl halides is 1. The number of amides is 2. The molecule has 6 heterocycles. The van der Waals surface area contributed by atoms with Crippen molar-refractivity contribution in [3.8, 4) is 0 Å². The van der Waals surface area contributed by atoms with Crippen LogP contribution in [0.2, 0.25) is 0 Å². The molecule has 6 aromatic heterocycles. The highest BCUT2D eigenvalue weighted by Crippen LogP contribution is 2.11. The minimum absolute atomic E-state index is 0. The van der Waals surface area contributed by atoms with Crippen molar-refractivity contribution >= 4 is 86.8 Å². The summed E-state index contributed by atoms with van der Waals surface area (Å²) in [6.07, 6.45) is 1.06. The van der Waals surface area contributed by atoms with Crippen LogP contribution in [0, 0.1) is 41.5 Å². The Labute approximate surface area is 367 Å². The van der Waals surface area contributed by atoms with E-state index in [-0.39, 0.29) is 48.5 Å². The van der Waals surface area contributed by atoms with Gasteiger partial charge in [-0.05, 0) is 117 Å². The van der Waals surface area contributed by atoms with Crippen LogP contribution in [0.4, 0.5) is 4.79 Å². The maximum absolute atomic E-state index is 10.8. The second-order valence-corrected chi connectivity index (χ2v) is 15.0. The average Bonchev–Trinajstić information content (AvgIpc) is 4.02. The molecule has 0 unspecified atom stereocenters. The van der Waals surface area contributed by atoms with E-state index in [0.717, 1.165) is 65.0 Å². The lowest BCUT2D eigenvalue weighted by atomic mass is 10.3. The summed E-state index contributed by atoms with van der Waals surface area (Å²) in [5, 5.41) is 36.3. The highest BCUT2D eigenvalue weighted by Gasteiger charge is 2.04. The van der Waals surface area contributed by atoms with Crippen LogP contribution in [-0.2, 0) is 38.5 Å². The van der Waals surface area contributed by atoms with Gasteiger partial charge in [-0.2, -0.15) is 0 Å². The molecule has 57 heavy (non-hydrogen) atoms. The summed E-state index contributed by atoms with van der Waals surface area (Å²) in [6, 6.07) is -0.192. The lowest BCUT2D eigenvalue weighted by Crippen LogP contribution is -2.31. The molecule has 6 rings (SSSR count). The van der Waals surface area contributed by atoms with Gasteiger partial charge in [0, 0.05) is 25.0 Å². The molecular formula is C31H62ClN17O2S6. The summed E-state index contributed by atoms with van der Waals surface area (Å²) >= 11 is 13.6. The molecule has 0 aliphatic carbocycles. The van der Waals surface area contributed by atoms with Crippen LogP contribution in [0.3, 0.4) is 0 Å². The Morgan fingerprint density at radius 2 is 0.877 bits per heavy atom. The number of carbonyl (C=O) groups excluding carboxylic acids is 1. The number of urea groups is 1. The van der Waals surface area contributed by atoms with Crippen molar-refractivity contribution in [2.24, 2.45) is 11.5 Å². The first-order chi connectivity index (χ1) is 24.9. The summed E-state index contributed by atoms with van der Waals surface area (Å²) in [5.74, 6) is 0.531. The molecule has 2 amide bonds. The first-order valence-electron chi connectivity index (χ1n) is 15.1. The number of hydrogen-bond donors (Lipinski definition) is 6. The number of aliphatic hydroxyl groups is 1. The van der Waals surface area contributed by atoms with Crippen molar-refractivity contribution in [1.82, 2.24) is 74.3 Å². The van der Waals surface area contributed by atoms with Gasteiger partial charge < -0.3 is 33.4 Å². The third kappa shape index (κ3) is 25.0. The van der Waals surface area contributed by atoms with Crippen LogP contribution in [0.5, 0.6) is 0 Å². The van der Waals surface area contributed by atoms with Crippen molar-refractivity contribution < 1.29 is 9.90 Å². The minimum Gasteiger partial charge on any atom is -0.391 e. The molecule has 0 bridgehead atoms. The first-order valence-corrected chi connectivity index (χ1v) is 20.3. The molecule has 0 saturated carbocycles. The number of hydrogen-bond acceptors (Lipinski definition) is 23. The maximum Gasteiger partial charge on any atom is 0.314 e. The Kier molecular flexibility index (Phi) is 40.9. The fraction of sp³-hybridized carbons (Fsp3) is 0.581. The number of carbonyl (C=O) groups is 1. The van der Waals surface area contributed by atoms with E-state index in [2.05, 4.69) is 75.1 Å². The summed E-state index contributed by atoms with van der Waals surface area (Å²) < 4.78 is 22.3. The van der Waals surface area contributed by atoms with E-state index >= 15 is 0 Å². The number of halogens is 1. The molecular weight excluding hydrogens is 870 g/mol. The largest absolute Gasteiger partial charge is 0.391 e. The number of aliphatic hydroxyl groups excluding tert-OH is 1. The van der Waals surface area contributed by atoms with Crippen LogP contribution >= 0.6 is 80.8 Å². The zero-order valence-electron chi connectivity index (χ0n) is 30.7. The average molecular weight is 933 g/mol. The van der Waals surface area contributed by atoms with Crippen LogP contribution in [-0.4, -0.2) is 75.7 Å². The number of aryl methyl sites for hydroxylation is 7. The molecule has 0 saturated heterocycles. The molecule has 19 nitrogen and oxygen atoms in total. The smallest absolute Gasteiger partial charge is 0.314 e. The predicted molar refractivity (Wildman–Crippen MR) is 242 cm³/mol. The molecule has 0 atom stereocenters. The standard InChI is InChI=1S/C6H10N4OS.C5H8N2S.C4H5ClN2S.2C4H7N3S.C4H6N2OS.4CH4.H3N/c1-4-5(12-10-9-4)3-8-6(11)7-2;1-3-5-4(2)6-7-8-5;3*1-3-4(2-5)8-7-6-3;1-3-4(2-7)8-6-5-3;;;;;/h3H2,1-2H3,(H2,7,8,11);3H2,1-2H3;2H2,1H3;2*2,5H2,1H3;7H,2H2,1H3;4*1H4;1H3. The number of rotatable bonds is 7. The topological polar surface area (TPSA) is 303 Å². The highest BCUT2D eigenvalue weighted by atomic mass is 35.5. The lowest BCUT2D eigenvalue weighted by Gasteiger charge is -2.00. The molecule has 0 fully saturated rings. The van der Waals surface area contributed by atoms with Gasteiger partial charge in [0.25, 0.3) is 0 Å². The Bertz CT molecular complexity index is 1570. The van der Waals surface area contributed by atoms with Crippen molar-refractivity contribution in [3.05, 3.63) is 63.4 Å². The van der Waals surface area contributed by atoms with Gasteiger partial charge in [0.05, 0.1) is 77.6 Å². The summed E-state index contributed by atoms with van der Waals surface area (Å²) in [4.78, 5) is 17.1. The second kappa shape index (κ2) is 37.1. The Hall–Kier alpha value is -3.24. The zero-order valence-corrected chi connectivity index (χ0v) is 36.3. The van der Waals surface area contributed by atoms with E-state index in [4.69, 9.17) is 28.2 Å². The SMILES string of the molecule is C.C.C.C.CCc1snnc1C.CNC(=O)NCc1snnc1C.Cc1nnsc1CCl.Cc1nnsc1CN.Cc1nnsc1CN.Cc1nnsc1CO.N. The first kappa shape index (κ1) is 62.9. The van der Waals surface area contributed by atoms with Gasteiger partial charge in [0.1, 0.15) is 0 Å². The van der Waals surface area contributed by atoms with Gasteiger partial charge in [-0.15, -0.1) is 42.2 Å². The van der Waals surface area contributed by atoms with E-state index in [1.54, 1.807) is 7.05 Å². The fourth-order valence-corrected chi connectivity index (χ4v) is 6.35. The van der Waals surface area contributed by atoms with Crippen LogP contribution in [0.15, 0.2) is 0 Å². The van der Waals surface area contributed by atoms with Gasteiger partial charge >= 0.3 is 6.03 Å². The second-order valence-electron chi connectivity index (χ2n) is 9.68. The molecule has 326 valence electrons. The van der Waals surface area contributed by atoms with E-state index < -0.39 is 0 Å². The Morgan fingerprint density at radius 1 is 0.579 bits per heavy atom. The molecule has 26 heteroatoms. The predicted octanol–water partition coefficient (Wildman–Crippen LogP) is 6.93. The van der Waals surface area contributed by atoms with Gasteiger partial charge in [0.15, 0.2) is 0 Å². The third-order valence-electron chi connectivity index (χ3n) is 6.07. The molecule has 0 radical (unpaired) electrons. The van der Waals surface area contributed by atoms with Crippen molar-refractivity contribution in [3.63, 3.8) is 0 Å². The normalized spacial score (nSPS) is 8.84. The quantitative estimate of drug-likeness (QED) is 0.0884. The third-order valence-corrected chi connectivity index (χ3v) is 11.6. The van der Waals surface area contributed by atoms with Gasteiger partial charge in [0.2, 0.25) is 0 Å². The fourth-order valence-electron chi connectivity index (χ4n) is 2.88. The van der Waals surface area contributed by atoms with Crippen LogP contribution in [0.25, 0.3) is 0 Å². The lowest BCUT2D eigenvalue weighted by molar-refractivity contribution is 0.242. The number of nitrogens with zero attached hydrogens (tertiary/aromatic N) is 12. The monoisotopic (exact) mass is 931 g/mol. The molecule has 6 aromatic rings. The van der Waals surface area contributed by atoms with Gasteiger partial charge in [-0.1, -0.05) is 63.6 Å². The van der Waals surface area contributed by atoms with E-state index in [1.807, 2.05) is 41.5 Å². The molecule has 0 aliphatic heterocycles.